The summed E-state index contributed by atoms with van der Waals surface area (Å²) in [5.41, 5.74) is 3.77. The van der Waals surface area contributed by atoms with Crippen LogP contribution in [0.3, 0.4) is 0 Å². The summed E-state index contributed by atoms with van der Waals surface area (Å²) >= 11 is 0. The number of aromatic nitrogens is 1. The van der Waals surface area contributed by atoms with Crippen LogP contribution >= 0.6 is 0 Å². The molecule has 1 N–H and O–H groups in total. The maximum absolute atomic E-state index is 3.32. The van der Waals surface area contributed by atoms with E-state index in [4.69, 9.17) is 0 Å². The third kappa shape index (κ3) is 3.14. The Balaban J connectivity index is 0.00000121. The van der Waals surface area contributed by atoms with E-state index >= 15 is 0 Å². The average Bonchev–Trinajstić information content (AvgIpc) is 2.09. The minimum Gasteiger partial charge on any atom is -0.456 e. The Labute approximate surface area is 89.2 Å². The third-order valence-corrected chi connectivity index (χ3v) is 1.78. The second kappa shape index (κ2) is 4.86. The van der Waals surface area contributed by atoms with Crippen molar-refractivity contribution >= 4 is 0 Å². The summed E-state index contributed by atoms with van der Waals surface area (Å²) in [5.74, 6) is 0.722. The number of hydrogen-bond acceptors (Lipinski definition) is 0. The van der Waals surface area contributed by atoms with E-state index in [2.05, 4.69) is 38.7 Å². The quantitative estimate of drug-likeness (QED) is 0.801. The van der Waals surface area contributed by atoms with Crippen molar-refractivity contribution in [3.05, 3.63) is 23.0 Å². The Kier molecular flexibility index (Phi) is 4.85. The molecule has 0 amide bonds. The fourth-order valence-electron chi connectivity index (χ4n) is 1.32. The van der Waals surface area contributed by atoms with Gasteiger partial charge in [0.25, 0.3) is 0 Å². The summed E-state index contributed by atoms with van der Waals surface area (Å²) < 4.78 is 0. The van der Waals surface area contributed by atoms with Gasteiger partial charge in [0.1, 0.15) is 0 Å². The summed E-state index contributed by atoms with van der Waals surface area (Å²) in [4.78, 5) is 3.26. The molecule has 68 valence electrons. The zero-order valence-corrected chi connectivity index (χ0v) is 11.1. The molecule has 2 heteroatoms. The predicted molar refractivity (Wildman–Crippen MR) is 47.6 cm³/mol. The van der Waals surface area contributed by atoms with E-state index in [1.807, 2.05) is 0 Å². The first-order chi connectivity index (χ1) is 5.09. The van der Waals surface area contributed by atoms with E-state index in [1.165, 1.54) is 11.3 Å². The Morgan fingerprint density at radius 1 is 1.33 bits per heavy atom. The van der Waals surface area contributed by atoms with Crippen LogP contribution in [0.4, 0.5) is 0 Å². The Bertz CT molecular complexity index is 238. The summed E-state index contributed by atoms with van der Waals surface area (Å²) in [6.45, 7) is 8.63. The van der Waals surface area contributed by atoms with Crippen LogP contribution in [0.25, 0.3) is 0 Å². The molecular weight excluding hydrogens is 318 g/mol. The van der Waals surface area contributed by atoms with Crippen LogP contribution in [0.15, 0.2) is 0 Å². The van der Waals surface area contributed by atoms with Crippen molar-refractivity contribution in [3.8, 4) is 0 Å². The summed E-state index contributed by atoms with van der Waals surface area (Å²) in [6.07, 6.45) is 1.14. The van der Waals surface area contributed by atoms with Crippen molar-refractivity contribution in [3.63, 3.8) is 0 Å². The second-order valence-corrected chi connectivity index (χ2v) is 3.58. The molecule has 1 aromatic heterocycles. The van der Waals surface area contributed by atoms with Crippen LogP contribution in [0.1, 0.15) is 30.8 Å². The smallest absolute Gasteiger partial charge is 0 e. The molecule has 0 fully saturated rings. The van der Waals surface area contributed by atoms with Gasteiger partial charge in [-0.05, 0) is 12.8 Å². The maximum Gasteiger partial charge on any atom is 0 e. The number of rotatable bonds is 2. The Morgan fingerprint density at radius 2 is 1.92 bits per heavy atom. The molecule has 0 saturated carbocycles. The van der Waals surface area contributed by atoms with Crippen molar-refractivity contribution in [2.45, 2.75) is 34.1 Å². The van der Waals surface area contributed by atoms with Crippen molar-refractivity contribution in [1.82, 2.24) is 4.98 Å². The number of nitrogens with one attached hydrogen (secondary N) is 1. The van der Waals surface area contributed by atoms with Gasteiger partial charge in [-0.15, -0.1) is 5.69 Å². The van der Waals surface area contributed by atoms with Gasteiger partial charge in [0.2, 0.25) is 0 Å². The molecule has 0 aromatic carbocycles. The van der Waals surface area contributed by atoms with E-state index in [0.29, 0.717) is 0 Å². The van der Waals surface area contributed by atoms with E-state index in [9.17, 15) is 0 Å². The molecule has 1 nitrogen and oxygen atoms in total. The van der Waals surface area contributed by atoms with E-state index in [1.54, 1.807) is 0 Å². The van der Waals surface area contributed by atoms with Crippen LogP contribution in [0.5, 0.6) is 0 Å². The van der Waals surface area contributed by atoms with E-state index in [0.717, 1.165) is 18.0 Å². The van der Waals surface area contributed by atoms with Crippen molar-refractivity contribution in [2.24, 2.45) is 5.92 Å². The largest absolute Gasteiger partial charge is 0.456 e. The molecule has 0 aliphatic carbocycles. The van der Waals surface area contributed by atoms with E-state index < -0.39 is 0 Å². The molecule has 1 rings (SSSR count). The molecule has 0 radical (unpaired) electrons. The summed E-state index contributed by atoms with van der Waals surface area (Å²) in [7, 11) is 0. The minimum atomic E-state index is 0. The fraction of sp³-hybridized carbons (Fsp3) is 0.600. The van der Waals surface area contributed by atoms with Crippen LogP contribution < -0.4 is 0 Å². The Hall–Kier alpha value is -0.0317. The molecule has 1 heterocycles. The average molecular weight is 334 g/mol. The number of aryl methyl sites for hydroxylation is 2. The van der Waals surface area contributed by atoms with Crippen LogP contribution in [0.2, 0.25) is 0 Å². The first kappa shape index (κ1) is 12.0. The van der Waals surface area contributed by atoms with Gasteiger partial charge >= 0.3 is 0 Å². The molecular formula is C10H16NW-. The van der Waals surface area contributed by atoms with Crippen LogP contribution in [0, 0.1) is 25.8 Å². The van der Waals surface area contributed by atoms with Gasteiger partial charge in [-0.3, -0.25) is 0 Å². The molecule has 0 aliphatic heterocycles. The van der Waals surface area contributed by atoms with Crippen LogP contribution in [-0.4, -0.2) is 4.98 Å². The van der Waals surface area contributed by atoms with E-state index in [-0.39, 0.29) is 21.1 Å². The molecule has 1 aromatic rings. The number of H-pyrrole nitrogens is 1. The van der Waals surface area contributed by atoms with Gasteiger partial charge < -0.3 is 4.98 Å². The Morgan fingerprint density at radius 3 is 2.25 bits per heavy atom. The van der Waals surface area contributed by atoms with Gasteiger partial charge in [-0.2, -0.15) is 5.56 Å². The summed E-state index contributed by atoms with van der Waals surface area (Å²) in [5, 5.41) is 0. The van der Waals surface area contributed by atoms with Crippen molar-refractivity contribution in [1.29, 1.82) is 0 Å². The molecule has 0 bridgehead atoms. The number of hydrogen-bond donors (Lipinski definition) is 1. The summed E-state index contributed by atoms with van der Waals surface area (Å²) in [6, 6.07) is 3.32. The van der Waals surface area contributed by atoms with Crippen molar-refractivity contribution < 1.29 is 21.1 Å². The number of aromatic amines is 1. The maximum atomic E-state index is 3.32. The molecule has 0 spiro atoms. The fourth-order valence-corrected chi connectivity index (χ4v) is 1.32. The predicted octanol–water partition coefficient (Wildman–Crippen LogP) is 2.63. The van der Waals surface area contributed by atoms with Gasteiger partial charge in [-0.1, -0.05) is 32.9 Å². The van der Waals surface area contributed by atoms with Crippen LogP contribution in [-0.2, 0) is 27.5 Å². The van der Waals surface area contributed by atoms with Gasteiger partial charge in [0.05, 0.1) is 0 Å². The molecule has 0 unspecified atom stereocenters. The molecule has 0 aliphatic rings. The van der Waals surface area contributed by atoms with Gasteiger partial charge in [0, 0.05) is 21.1 Å². The monoisotopic (exact) mass is 334 g/mol. The van der Waals surface area contributed by atoms with Gasteiger partial charge in [-0.25, -0.2) is 6.07 Å². The molecule has 0 atom stereocenters. The molecule has 0 saturated heterocycles. The second-order valence-electron chi connectivity index (χ2n) is 3.58. The zero-order chi connectivity index (χ0) is 8.43. The zero-order valence-electron chi connectivity index (χ0n) is 8.19. The minimum absolute atomic E-state index is 0. The normalized spacial score (nSPS) is 10.1. The van der Waals surface area contributed by atoms with Gasteiger partial charge in [0.15, 0.2) is 0 Å². The van der Waals surface area contributed by atoms with Crippen molar-refractivity contribution in [2.75, 3.05) is 0 Å². The SMILES string of the molecule is Cc1[c-]c(CC(C)C)c(C)[nH]1.[W]. The first-order valence-corrected chi connectivity index (χ1v) is 4.17. The standard InChI is InChI=1S/C10H16N.W/c1-7(2)5-10-6-8(3)11-9(10)4;/h7,11H,5H2,1-4H3;/q-1;. The molecule has 12 heavy (non-hydrogen) atoms. The third-order valence-electron chi connectivity index (χ3n) is 1.78. The topological polar surface area (TPSA) is 15.8 Å². The first-order valence-electron chi connectivity index (χ1n) is 4.17.